The first-order valence-electron chi connectivity index (χ1n) is 10.3. The summed E-state index contributed by atoms with van der Waals surface area (Å²) in [6.07, 6.45) is 9.33. The molecule has 5 rings (SSSR count). The molecule has 1 saturated carbocycles. The van der Waals surface area contributed by atoms with E-state index in [0.29, 0.717) is 36.2 Å². The Bertz CT molecular complexity index is 1140. The Labute approximate surface area is 174 Å². The standard InChI is InChI=1S/C21H22N8O/c1-2-29-17(6-3-14-9-22-12-23-10-14)27-18-19(24-13-25-20(18)29)26-16-7-8-28(11-16)21(30)15-4-5-15/h9-10,12-13,15-16H,2,4-5,7-8,11H2,1H3,(H,24,25,26). The van der Waals surface area contributed by atoms with Gasteiger partial charge >= 0.3 is 0 Å². The number of carbonyl (C=O) groups excluding carboxylic acids is 1. The summed E-state index contributed by atoms with van der Waals surface area (Å²) in [4.78, 5) is 35.8. The fourth-order valence-corrected chi connectivity index (χ4v) is 3.79. The highest BCUT2D eigenvalue weighted by Gasteiger charge is 2.36. The van der Waals surface area contributed by atoms with E-state index >= 15 is 0 Å². The van der Waals surface area contributed by atoms with Gasteiger partial charge < -0.3 is 14.8 Å². The van der Waals surface area contributed by atoms with Crippen LogP contribution < -0.4 is 5.32 Å². The van der Waals surface area contributed by atoms with Crippen molar-refractivity contribution in [3.05, 3.63) is 36.4 Å². The number of hydrogen-bond acceptors (Lipinski definition) is 7. The van der Waals surface area contributed by atoms with Crippen molar-refractivity contribution in [2.45, 2.75) is 38.8 Å². The lowest BCUT2D eigenvalue weighted by Crippen LogP contribution is -2.32. The van der Waals surface area contributed by atoms with Crippen LogP contribution in [0.5, 0.6) is 0 Å². The molecule has 4 heterocycles. The molecule has 0 radical (unpaired) electrons. The van der Waals surface area contributed by atoms with E-state index in [4.69, 9.17) is 4.98 Å². The van der Waals surface area contributed by atoms with Gasteiger partial charge in [-0.05, 0) is 32.1 Å². The molecular formula is C21H22N8O. The summed E-state index contributed by atoms with van der Waals surface area (Å²) in [6, 6.07) is 0.161. The molecule has 30 heavy (non-hydrogen) atoms. The number of nitrogens with zero attached hydrogens (tertiary/aromatic N) is 7. The minimum atomic E-state index is 0.161. The van der Waals surface area contributed by atoms with Crippen molar-refractivity contribution in [1.82, 2.24) is 34.4 Å². The fraction of sp³-hybridized carbons (Fsp3) is 0.429. The molecule has 2 aliphatic rings. The van der Waals surface area contributed by atoms with Crippen molar-refractivity contribution < 1.29 is 4.79 Å². The Kier molecular flexibility index (Phi) is 4.75. The van der Waals surface area contributed by atoms with Crippen LogP contribution in [0.15, 0.2) is 25.0 Å². The second-order valence-electron chi connectivity index (χ2n) is 7.64. The third-order valence-corrected chi connectivity index (χ3v) is 5.49. The molecule has 1 atom stereocenters. The number of hydrogen-bond donors (Lipinski definition) is 1. The summed E-state index contributed by atoms with van der Waals surface area (Å²) < 4.78 is 1.97. The number of rotatable bonds is 4. The quantitative estimate of drug-likeness (QED) is 0.659. The van der Waals surface area contributed by atoms with Gasteiger partial charge in [-0.15, -0.1) is 0 Å². The molecule has 3 aromatic rings. The van der Waals surface area contributed by atoms with Gasteiger partial charge in [-0.3, -0.25) is 4.79 Å². The number of amides is 1. The molecule has 1 aliphatic carbocycles. The molecular weight excluding hydrogens is 380 g/mol. The SMILES string of the molecule is CCn1c(C#Cc2cncnc2)nc2c(NC3CCN(C(=O)C4CC4)C3)ncnc21. The lowest BCUT2D eigenvalue weighted by molar-refractivity contribution is -0.131. The zero-order chi connectivity index (χ0) is 20.5. The van der Waals surface area contributed by atoms with Crippen molar-refractivity contribution in [2.24, 2.45) is 5.92 Å². The molecule has 1 amide bonds. The molecule has 9 nitrogen and oxygen atoms in total. The van der Waals surface area contributed by atoms with Gasteiger partial charge in [0.15, 0.2) is 22.8 Å². The summed E-state index contributed by atoms with van der Waals surface area (Å²) in [5.74, 6) is 8.02. The first-order valence-corrected chi connectivity index (χ1v) is 10.3. The van der Waals surface area contributed by atoms with Crippen LogP contribution in [-0.2, 0) is 11.3 Å². The van der Waals surface area contributed by atoms with E-state index in [0.717, 1.165) is 37.0 Å². The van der Waals surface area contributed by atoms with Gasteiger partial charge in [0.2, 0.25) is 5.91 Å². The molecule has 3 aromatic heterocycles. The number of likely N-dealkylation sites (tertiary alicyclic amines) is 1. The zero-order valence-corrected chi connectivity index (χ0v) is 16.7. The number of imidazole rings is 1. The smallest absolute Gasteiger partial charge is 0.225 e. The molecule has 0 bridgehead atoms. The molecule has 1 aliphatic heterocycles. The summed E-state index contributed by atoms with van der Waals surface area (Å²) in [5.41, 5.74) is 2.16. The highest BCUT2D eigenvalue weighted by molar-refractivity contribution is 5.84. The van der Waals surface area contributed by atoms with E-state index in [1.165, 1.54) is 6.33 Å². The second-order valence-corrected chi connectivity index (χ2v) is 7.64. The van der Waals surface area contributed by atoms with E-state index in [1.54, 1.807) is 18.7 Å². The van der Waals surface area contributed by atoms with Crippen molar-refractivity contribution in [3.8, 4) is 11.8 Å². The third-order valence-electron chi connectivity index (χ3n) is 5.49. The van der Waals surface area contributed by atoms with Crippen LogP contribution in [0.1, 0.15) is 37.6 Å². The predicted molar refractivity (Wildman–Crippen MR) is 110 cm³/mol. The minimum Gasteiger partial charge on any atom is -0.364 e. The molecule has 0 aromatic carbocycles. The van der Waals surface area contributed by atoms with Gasteiger partial charge in [0.25, 0.3) is 0 Å². The maximum Gasteiger partial charge on any atom is 0.225 e. The van der Waals surface area contributed by atoms with E-state index in [1.807, 2.05) is 16.4 Å². The summed E-state index contributed by atoms with van der Waals surface area (Å²) >= 11 is 0. The Morgan fingerprint density at radius 3 is 2.77 bits per heavy atom. The van der Waals surface area contributed by atoms with E-state index in [2.05, 4.69) is 37.1 Å². The van der Waals surface area contributed by atoms with Crippen LogP contribution in [0.3, 0.4) is 0 Å². The van der Waals surface area contributed by atoms with E-state index < -0.39 is 0 Å². The summed E-state index contributed by atoms with van der Waals surface area (Å²) in [7, 11) is 0. The molecule has 1 unspecified atom stereocenters. The first kappa shape index (κ1) is 18.5. The topological polar surface area (TPSA) is 102 Å². The zero-order valence-electron chi connectivity index (χ0n) is 16.7. The lowest BCUT2D eigenvalue weighted by Gasteiger charge is -2.17. The molecule has 9 heteroatoms. The number of aryl methyl sites for hydroxylation is 1. The van der Waals surface area contributed by atoms with Crippen LogP contribution in [-0.4, -0.2) is 59.4 Å². The maximum absolute atomic E-state index is 12.3. The van der Waals surface area contributed by atoms with E-state index in [-0.39, 0.29) is 12.0 Å². The Morgan fingerprint density at radius 1 is 1.17 bits per heavy atom. The van der Waals surface area contributed by atoms with Gasteiger partial charge in [-0.2, -0.15) is 0 Å². The third kappa shape index (κ3) is 3.56. The highest BCUT2D eigenvalue weighted by Crippen LogP contribution is 2.32. The fourth-order valence-electron chi connectivity index (χ4n) is 3.79. The van der Waals surface area contributed by atoms with Crippen molar-refractivity contribution >= 4 is 22.9 Å². The van der Waals surface area contributed by atoms with E-state index in [9.17, 15) is 4.79 Å². The normalized spacial score (nSPS) is 18.3. The van der Waals surface area contributed by atoms with Gasteiger partial charge in [0.1, 0.15) is 12.7 Å². The van der Waals surface area contributed by atoms with Crippen LogP contribution in [0.25, 0.3) is 11.2 Å². The van der Waals surface area contributed by atoms with Crippen LogP contribution >= 0.6 is 0 Å². The molecule has 1 N–H and O–H groups in total. The number of carbonyl (C=O) groups is 1. The second kappa shape index (κ2) is 7.71. The number of fused-ring (bicyclic) bond motifs is 1. The lowest BCUT2D eigenvalue weighted by atomic mass is 10.2. The maximum atomic E-state index is 12.3. The Morgan fingerprint density at radius 2 is 2.00 bits per heavy atom. The van der Waals surface area contributed by atoms with Crippen LogP contribution in [0, 0.1) is 17.8 Å². The van der Waals surface area contributed by atoms with Gasteiger partial charge in [0, 0.05) is 44.0 Å². The molecule has 0 spiro atoms. The average Bonchev–Trinajstić information content (AvgIpc) is 3.41. The number of nitrogens with one attached hydrogen (secondary N) is 1. The minimum absolute atomic E-state index is 0.161. The largest absolute Gasteiger partial charge is 0.364 e. The molecule has 152 valence electrons. The van der Waals surface area contributed by atoms with Crippen LogP contribution in [0.4, 0.5) is 5.82 Å². The molecule has 1 saturated heterocycles. The van der Waals surface area contributed by atoms with Gasteiger partial charge in [-0.1, -0.05) is 5.92 Å². The predicted octanol–water partition coefficient (Wildman–Crippen LogP) is 1.46. The van der Waals surface area contributed by atoms with Gasteiger partial charge in [-0.25, -0.2) is 24.9 Å². The van der Waals surface area contributed by atoms with Crippen molar-refractivity contribution in [2.75, 3.05) is 18.4 Å². The van der Waals surface area contributed by atoms with Crippen molar-refractivity contribution in [3.63, 3.8) is 0 Å². The summed E-state index contributed by atoms with van der Waals surface area (Å²) in [5, 5.41) is 3.48. The first-order chi connectivity index (χ1) is 14.7. The molecule has 2 fully saturated rings. The van der Waals surface area contributed by atoms with Gasteiger partial charge in [0.05, 0.1) is 5.56 Å². The van der Waals surface area contributed by atoms with Crippen molar-refractivity contribution in [1.29, 1.82) is 0 Å². The summed E-state index contributed by atoms with van der Waals surface area (Å²) in [6.45, 7) is 4.22. The Balaban J connectivity index is 1.40. The monoisotopic (exact) mass is 402 g/mol. The number of anilines is 1. The highest BCUT2D eigenvalue weighted by atomic mass is 16.2. The average molecular weight is 402 g/mol. The Hall–Kier alpha value is -3.54. The van der Waals surface area contributed by atoms with Crippen LogP contribution in [0.2, 0.25) is 0 Å². The number of aromatic nitrogens is 6.